The van der Waals surface area contributed by atoms with Crippen LogP contribution < -0.4 is 4.74 Å². The van der Waals surface area contributed by atoms with E-state index in [1.165, 1.54) is 10.8 Å². The second kappa shape index (κ2) is 14.1. The van der Waals surface area contributed by atoms with E-state index in [9.17, 15) is 9.59 Å². The van der Waals surface area contributed by atoms with Gasteiger partial charge in [0.25, 0.3) is 0 Å². The Hall–Kier alpha value is -4.07. The molecule has 0 bridgehead atoms. The van der Waals surface area contributed by atoms with E-state index in [4.69, 9.17) is 30.5 Å². The molecule has 1 aliphatic rings. The van der Waals surface area contributed by atoms with E-state index in [0.717, 1.165) is 17.5 Å². The maximum absolute atomic E-state index is 12.9. The number of fused-ring (bicyclic) bond motifs is 1. The van der Waals surface area contributed by atoms with Crippen molar-refractivity contribution < 1.29 is 28.5 Å². The summed E-state index contributed by atoms with van der Waals surface area (Å²) < 4.78 is 23.3. The molecule has 1 aliphatic heterocycles. The zero-order chi connectivity index (χ0) is 31.1. The predicted octanol–water partition coefficient (Wildman–Crippen LogP) is 8.04. The minimum absolute atomic E-state index is 0.0866. The van der Waals surface area contributed by atoms with Gasteiger partial charge >= 0.3 is 12.1 Å². The number of carbonyl (C=O) groups excluding carboxylic acids is 2. The van der Waals surface area contributed by atoms with Gasteiger partial charge in [-0.3, -0.25) is 0 Å². The molecule has 1 fully saturated rings. The summed E-state index contributed by atoms with van der Waals surface area (Å²) in [5, 5.41) is 2.91. The molecule has 7 nitrogen and oxygen atoms in total. The van der Waals surface area contributed by atoms with E-state index in [-0.39, 0.29) is 31.3 Å². The summed E-state index contributed by atoms with van der Waals surface area (Å²) in [5.41, 5.74) is 2.06. The second-order valence-corrected chi connectivity index (χ2v) is 12.3. The van der Waals surface area contributed by atoms with Crippen molar-refractivity contribution in [3.05, 3.63) is 113 Å². The number of likely N-dealkylation sites (tertiary alicyclic amines) is 1. The Morgan fingerprint density at radius 1 is 0.886 bits per heavy atom. The summed E-state index contributed by atoms with van der Waals surface area (Å²) in [6.07, 6.45) is 0.195. The third-order valence-electron chi connectivity index (χ3n) is 7.46. The van der Waals surface area contributed by atoms with Crippen molar-refractivity contribution in [3.8, 4) is 5.75 Å². The third kappa shape index (κ3) is 8.52. The highest BCUT2D eigenvalue weighted by Gasteiger charge is 2.35. The number of halogens is 1. The van der Waals surface area contributed by atoms with Crippen LogP contribution in [0.1, 0.15) is 54.6 Å². The summed E-state index contributed by atoms with van der Waals surface area (Å²) in [6, 6.07) is 29.1. The van der Waals surface area contributed by atoms with Gasteiger partial charge in [-0.25, -0.2) is 9.59 Å². The molecule has 2 atom stereocenters. The molecular formula is C36H38ClNO6. The molecule has 5 rings (SSSR count). The second-order valence-electron chi connectivity index (χ2n) is 11.9. The molecule has 1 heterocycles. The molecule has 44 heavy (non-hydrogen) atoms. The van der Waals surface area contributed by atoms with E-state index in [1.807, 2.05) is 57.2 Å². The highest BCUT2D eigenvalue weighted by Crippen LogP contribution is 2.33. The lowest BCUT2D eigenvalue weighted by atomic mass is 9.87. The number of carbonyl (C=O) groups is 2. The molecular weight excluding hydrogens is 578 g/mol. The van der Waals surface area contributed by atoms with E-state index in [1.54, 1.807) is 29.2 Å². The van der Waals surface area contributed by atoms with Gasteiger partial charge < -0.3 is 23.8 Å². The Bertz CT molecular complexity index is 1560. The van der Waals surface area contributed by atoms with Gasteiger partial charge in [0.05, 0.1) is 24.8 Å². The van der Waals surface area contributed by atoms with Crippen LogP contribution in [0.2, 0.25) is 5.02 Å². The van der Waals surface area contributed by atoms with E-state index < -0.39 is 11.6 Å². The number of piperidine rings is 1. The predicted molar refractivity (Wildman–Crippen MR) is 171 cm³/mol. The molecule has 0 saturated carbocycles. The van der Waals surface area contributed by atoms with Crippen LogP contribution in [0.25, 0.3) is 10.8 Å². The molecule has 4 aromatic rings. The van der Waals surface area contributed by atoms with Gasteiger partial charge in [-0.1, -0.05) is 60.1 Å². The first-order chi connectivity index (χ1) is 21.1. The number of benzene rings is 4. The molecule has 230 valence electrons. The fraction of sp³-hybridized carbons (Fsp3) is 0.333. The summed E-state index contributed by atoms with van der Waals surface area (Å²) in [5.74, 6) is 0.340. The average Bonchev–Trinajstić information content (AvgIpc) is 3.01. The van der Waals surface area contributed by atoms with Gasteiger partial charge in [-0.2, -0.15) is 0 Å². The van der Waals surface area contributed by atoms with E-state index in [0.29, 0.717) is 36.0 Å². The van der Waals surface area contributed by atoms with Crippen LogP contribution >= 0.6 is 11.6 Å². The van der Waals surface area contributed by atoms with Crippen molar-refractivity contribution in [2.45, 2.75) is 51.4 Å². The number of nitrogens with zero attached hydrogens (tertiary/aromatic N) is 1. The van der Waals surface area contributed by atoms with Crippen LogP contribution in [0.4, 0.5) is 4.79 Å². The van der Waals surface area contributed by atoms with Gasteiger partial charge in [-0.05, 0) is 91.6 Å². The van der Waals surface area contributed by atoms with Crippen LogP contribution in [-0.2, 0) is 20.8 Å². The fourth-order valence-corrected chi connectivity index (χ4v) is 5.39. The Morgan fingerprint density at radius 3 is 2.34 bits per heavy atom. The zero-order valence-electron chi connectivity index (χ0n) is 25.3. The Labute approximate surface area is 263 Å². The van der Waals surface area contributed by atoms with Crippen LogP contribution in [0.15, 0.2) is 91.0 Å². The van der Waals surface area contributed by atoms with Crippen molar-refractivity contribution in [1.29, 1.82) is 0 Å². The molecule has 0 N–H and O–H groups in total. The Balaban J connectivity index is 1.21. The average molecular weight is 616 g/mol. The first-order valence-corrected chi connectivity index (χ1v) is 15.2. The summed E-state index contributed by atoms with van der Waals surface area (Å²) in [4.78, 5) is 26.9. The van der Waals surface area contributed by atoms with Gasteiger partial charge in [-0.15, -0.1) is 0 Å². The fourth-order valence-electron chi connectivity index (χ4n) is 5.27. The Kier molecular flexibility index (Phi) is 10.1. The van der Waals surface area contributed by atoms with E-state index in [2.05, 4.69) is 30.3 Å². The van der Waals surface area contributed by atoms with Gasteiger partial charge in [0.1, 0.15) is 24.6 Å². The SMILES string of the molecule is CC(C)(C)OC(=O)N1CCC(c2ccc(OCCOC(=O)c3ccc(Cl)cc3)cc2)C(OCc2ccc3ccccc3c2)C1. The summed E-state index contributed by atoms with van der Waals surface area (Å²) in [6.45, 7) is 7.42. The van der Waals surface area contributed by atoms with Gasteiger partial charge in [0.2, 0.25) is 0 Å². The van der Waals surface area contributed by atoms with Crippen molar-refractivity contribution in [2.24, 2.45) is 0 Å². The van der Waals surface area contributed by atoms with Crippen molar-refractivity contribution in [2.75, 3.05) is 26.3 Å². The van der Waals surface area contributed by atoms with Gasteiger partial charge in [0, 0.05) is 17.5 Å². The topological polar surface area (TPSA) is 74.3 Å². The highest BCUT2D eigenvalue weighted by molar-refractivity contribution is 6.30. The molecule has 8 heteroatoms. The minimum Gasteiger partial charge on any atom is -0.490 e. The summed E-state index contributed by atoms with van der Waals surface area (Å²) in [7, 11) is 0. The quantitative estimate of drug-likeness (QED) is 0.140. The first-order valence-electron chi connectivity index (χ1n) is 14.9. The van der Waals surface area contributed by atoms with Crippen LogP contribution in [0, 0.1) is 0 Å². The first kappa shape index (κ1) is 31.4. The molecule has 0 spiro atoms. The largest absolute Gasteiger partial charge is 0.490 e. The van der Waals surface area contributed by atoms with Crippen LogP contribution in [-0.4, -0.2) is 55.0 Å². The van der Waals surface area contributed by atoms with Crippen molar-refractivity contribution in [3.63, 3.8) is 0 Å². The molecule has 0 aliphatic carbocycles. The zero-order valence-corrected chi connectivity index (χ0v) is 26.1. The van der Waals surface area contributed by atoms with Crippen molar-refractivity contribution in [1.82, 2.24) is 4.90 Å². The van der Waals surface area contributed by atoms with Crippen LogP contribution in [0.3, 0.4) is 0 Å². The van der Waals surface area contributed by atoms with E-state index >= 15 is 0 Å². The molecule has 1 saturated heterocycles. The number of esters is 1. The molecule has 0 radical (unpaired) electrons. The van der Waals surface area contributed by atoms with Gasteiger partial charge in [0.15, 0.2) is 0 Å². The Morgan fingerprint density at radius 2 is 1.61 bits per heavy atom. The number of amides is 1. The van der Waals surface area contributed by atoms with Crippen LogP contribution in [0.5, 0.6) is 5.75 Å². The maximum atomic E-state index is 12.9. The highest BCUT2D eigenvalue weighted by atomic mass is 35.5. The maximum Gasteiger partial charge on any atom is 0.410 e. The lowest BCUT2D eigenvalue weighted by Gasteiger charge is -2.39. The molecule has 1 amide bonds. The number of rotatable bonds is 9. The number of hydrogen-bond donors (Lipinski definition) is 0. The minimum atomic E-state index is -0.570. The smallest absolute Gasteiger partial charge is 0.410 e. The number of ether oxygens (including phenoxy) is 4. The lowest BCUT2D eigenvalue weighted by molar-refractivity contribution is -0.0359. The van der Waals surface area contributed by atoms with Crippen molar-refractivity contribution >= 4 is 34.4 Å². The normalized spacial score (nSPS) is 16.9. The number of hydrogen-bond acceptors (Lipinski definition) is 6. The lowest BCUT2D eigenvalue weighted by Crippen LogP contribution is -2.48. The molecule has 0 aromatic heterocycles. The standard InChI is InChI=1S/C36H38ClNO6/c1-36(2,3)44-35(40)38-19-18-32(33(23-38)43-24-25-8-9-26-6-4-5-7-29(26)22-25)27-12-16-31(17-13-27)41-20-21-42-34(39)28-10-14-30(37)15-11-28/h4-17,22,32-33H,18-21,23-24H2,1-3H3. The monoisotopic (exact) mass is 615 g/mol. The third-order valence-corrected chi connectivity index (χ3v) is 7.71. The summed E-state index contributed by atoms with van der Waals surface area (Å²) >= 11 is 5.88. The molecule has 2 unspecified atom stereocenters. The molecule has 4 aromatic carbocycles.